The molecular formula is C16H10ClN5. The van der Waals surface area contributed by atoms with Crippen molar-refractivity contribution in [2.24, 2.45) is 0 Å². The molecule has 0 unspecified atom stereocenters. The number of hydrogen-bond acceptors (Lipinski definition) is 4. The van der Waals surface area contributed by atoms with E-state index in [0.717, 1.165) is 22.3 Å². The van der Waals surface area contributed by atoms with Crippen LogP contribution in [0.2, 0.25) is 5.02 Å². The summed E-state index contributed by atoms with van der Waals surface area (Å²) in [6, 6.07) is 17.2. The molecule has 4 aromatic rings. The molecule has 0 fully saturated rings. The van der Waals surface area contributed by atoms with E-state index in [1.54, 1.807) is 4.68 Å². The number of halogens is 1. The first-order chi connectivity index (χ1) is 10.8. The Morgan fingerprint density at radius 3 is 2.73 bits per heavy atom. The standard InChI is InChI=1S/C16H10ClN5/c17-12-5-3-4-11(8-12)14-9-16(19-10-18-14)22-15-7-2-1-6-13(15)20-21-22/h1-10H. The molecule has 106 valence electrons. The molecule has 0 saturated carbocycles. The maximum atomic E-state index is 6.04. The topological polar surface area (TPSA) is 56.5 Å². The van der Waals surface area contributed by atoms with Gasteiger partial charge in [0.2, 0.25) is 0 Å². The van der Waals surface area contributed by atoms with Gasteiger partial charge in [-0.1, -0.05) is 41.1 Å². The summed E-state index contributed by atoms with van der Waals surface area (Å²) < 4.78 is 1.70. The number of fused-ring (bicyclic) bond motifs is 1. The van der Waals surface area contributed by atoms with Crippen LogP contribution in [0.1, 0.15) is 0 Å². The highest BCUT2D eigenvalue weighted by Crippen LogP contribution is 2.22. The molecule has 2 aromatic carbocycles. The van der Waals surface area contributed by atoms with E-state index >= 15 is 0 Å². The molecule has 0 radical (unpaired) electrons. The molecule has 0 saturated heterocycles. The van der Waals surface area contributed by atoms with Crippen molar-refractivity contribution in [1.29, 1.82) is 0 Å². The Morgan fingerprint density at radius 2 is 1.82 bits per heavy atom. The van der Waals surface area contributed by atoms with Gasteiger partial charge < -0.3 is 0 Å². The zero-order valence-electron chi connectivity index (χ0n) is 11.4. The van der Waals surface area contributed by atoms with E-state index in [1.165, 1.54) is 6.33 Å². The first-order valence-electron chi connectivity index (χ1n) is 6.70. The van der Waals surface area contributed by atoms with E-state index in [4.69, 9.17) is 11.6 Å². The molecule has 5 nitrogen and oxygen atoms in total. The molecular weight excluding hydrogens is 298 g/mol. The molecule has 6 heteroatoms. The zero-order valence-corrected chi connectivity index (χ0v) is 12.1. The lowest BCUT2D eigenvalue weighted by Crippen LogP contribution is -2.01. The Kier molecular flexibility index (Phi) is 3.05. The van der Waals surface area contributed by atoms with Gasteiger partial charge in [-0.3, -0.25) is 0 Å². The van der Waals surface area contributed by atoms with Crippen LogP contribution in [-0.4, -0.2) is 25.0 Å². The summed E-state index contributed by atoms with van der Waals surface area (Å²) in [4.78, 5) is 8.61. The van der Waals surface area contributed by atoms with E-state index in [-0.39, 0.29) is 0 Å². The number of benzene rings is 2. The molecule has 0 N–H and O–H groups in total. The van der Waals surface area contributed by atoms with Crippen LogP contribution in [0.25, 0.3) is 28.1 Å². The average molecular weight is 308 g/mol. The minimum absolute atomic E-state index is 0.665. The van der Waals surface area contributed by atoms with E-state index < -0.39 is 0 Å². The van der Waals surface area contributed by atoms with Crippen molar-refractivity contribution in [3.05, 3.63) is 65.9 Å². The number of hydrogen-bond donors (Lipinski definition) is 0. The summed E-state index contributed by atoms with van der Waals surface area (Å²) in [5.74, 6) is 0.665. The lowest BCUT2D eigenvalue weighted by Gasteiger charge is -2.04. The molecule has 0 aliphatic carbocycles. The third-order valence-corrected chi connectivity index (χ3v) is 3.58. The van der Waals surface area contributed by atoms with Gasteiger partial charge in [-0.2, -0.15) is 4.68 Å². The predicted octanol–water partition coefficient (Wildman–Crippen LogP) is 3.53. The van der Waals surface area contributed by atoms with Gasteiger partial charge in [0, 0.05) is 16.7 Å². The quantitative estimate of drug-likeness (QED) is 0.568. The minimum atomic E-state index is 0.665. The molecule has 0 atom stereocenters. The summed E-state index contributed by atoms with van der Waals surface area (Å²) in [5.41, 5.74) is 3.44. The van der Waals surface area contributed by atoms with Crippen molar-refractivity contribution in [2.45, 2.75) is 0 Å². The maximum Gasteiger partial charge on any atom is 0.159 e. The largest absolute Gasteiger partial charge is 0.236 e. The SMILES string of the molecule is Clc1cccc(-c2cc(-n3nnc4ccccc43)ncn2)c1. The number of rotatable bonds is 2. The molecule has 0 bridgehead atoms. The smallest absolute Gasteiger partial charge is 0.159 e. The van der Waals surface area contributed by atoms with Crippen molar-refractivity contribution < 1.29 is 0 Å². The van der Waals surface area contributed by atoms with Gasteiger partial charge in [0.05, 0.1) is 11.2 Å². The normalized spacial score (nSPS) is 11.0. The summed E-state index contributed by atoms with van der Waals surface area (Å²) >= 11 is 6.04. The van der Waals surface area contributed by atoms with E-state index in [0.29, 0.717) is 10.8 Å². The second-order valence-corrected chi connectivity index (χ2v) is 5.20. The number of para-hydroxylation sites is 1. The zero-order chi connectivity index (χ0) is 14.9. The molecule has 22 heavy (non-hydrogen) atoms. The van der Waals surface area contributed by atoms with Gasteiger partial charge in [-0.15, -0.1) is 5.10 Å². The first kappa shape index (κ1) is 12.9. The van der Waals surface area contributed by atoms with E-state index in [1.807, 2.05) is 54.6 Å². The summed E-state index contributed by atoms with van der Waals surface area (Å²) in [6.45, 7) is 0. The minimum Gasteiger partial charge on any atom is -0.236 e. The van der Waals surface area contributed by atoms with Crippen molar-refractivity contribution in [3.63, 3.8) is 0 Å². The van der Waals surface area contributed by atoms with E-state index in [2.05, 4.69) is 20.3 Å². The van der Waals surface area contributed by atoms with Gasteiger partial charge in [0.15, 0.2) is 5.82 Å². The first-order valence-corrected chi connectivity index (χ1v) is 7.08. The third kappa shape index (κ3) is 2.21. The Hall–Kier alpha value is -2.79. The molecule has 4 rings (SSSR count). The monoisotopic (exact) mass is 307 g/mol. The summed E-state index contributed by atoms with van der Waals surface area (Å²) in [7, 11) is 0. The summed E-state index contributed by atoms with van der Waals surface area (Å²) in [6.07, 6.45) is 1.52. The average Bonchev–Trinajstić information content (AvgIpc) is 2.99. The molecule has 0 spiro atoms. The Balaban J connectivity index is 1.85. The highest BCUT2D eigenvalue weighted by Gasteiger charge is 2.09. The number of nitrogens with zero attached hydrogens (tertiary/aromatic N) is 5. The van der Waals surface area contributed by atoms with Crippen LogP contribution in [0.3, 0.4) is 0 Å². The Bertz CT molecular complexity index is 963. The Morgan fingerprint density at radius 1 is 0.909 bits per heavy atom. The van der Waals surface area contributed by atoms with Gasteiger partial charge >= 0.3 is 0 Å². The van der Waals surface area contributed by atoms with Crippen LogP contribution < -0.4 is 0 Å². The van der Waals surface area contributed by atoms with Crippen LogP contribution in [0.5, 0.6) is 0 Å². The molecule has 0 amide bonds. The predicted molar refractivity (Wildman–Crippen MR) is 84.9 cm³/mol. The molecule has 0 aliphatic heterocycles. The highest BCUT2D eigenvalue weighted by molar-refractivity contribution is 6.30. The lowest BCUT2D eigenvalue weighted by molar-refractivity contribution is 0.797. The van der Waals surface area contributed by atoms with Gasteiger partial charge in [0.25, 0.3) is 0 Å². The Labute approximate surface area is 131 Å². The molecule has 2 aromatic heterocycles. The fraction of sp³-hybridized carbons (Fsp3) is 0. The van der Waals surface area contributed by atoms with Gasteiger partial charge in [0.1, 0.15) is 11.8 Å². The molecule has 2 heterocycles. The molecule has 0 aliphatic rings. The van der Waals surface area contributed by atoms with Crippen molar-refractivity contribution in [3.8, 4) is 17.1 Å². The van der Waals surface area contributed by atoms with Crippen molar-refractivity contribution in [2.75, 3.05) is 0 Å². The fourth-order valence-corrected chi connectivity index (χ4v) is 2.50. The van der Waals surface area contributed by atoms with Gasteiger partial charge in [-0.25, -0.2) is 9.97 Å². The highest BCUT2D eigenvalue weighted by atomic mass is 35.5. The second-order valence-electron chi connectivity index (χ2n) is 4.76. The van der Waals surface area contributed by atoms with Crippen LogP contribution in [0.15, 0.2) is 60.9 Å². The maximum absolute atomic E-state index is 6.04. The number of aromatic nitrogens is 5. The third-order valence-electron chi connectivity index (χ3n) is 3.34. The van der Waals surface area contributed by atoms with Gasteiger partial charge in [-0.05, 0) is 24.3 Å². The van der Waals surface area contributed by atoms with Crippen LogP contribution in [0.4, 0.5) is 0 Å². The van der Waals surface area contributed by atoms with Crippen molar-refractivity contribution in [1.82, 2.24) is 25.0 Å². The lowest BCUT2D eigenvalue weighted by atomic mass is 10.1. The van der Waals surface area contributed by atoms with Crippen LogP contribution in [0, 0.1) is 0 Å². The van der Waals surface area contributed by atoms with Crippen LogP contribution in [-0.2, 0) is 0 Å². The second kappa shape index (κ2) is 5.20. The van der Waals surface area contributed by atoms with Crippen LogP contribution >= 0.6 is 11.6 Å². The van der Waals surface area contributed by atoms with Crippen molar-refractivity contribution >= 4 is 22.6 Å². The fourth-order valence-electron chi connectivity index (χ4n) is 2.31. The summed E-state index contributed by atoms with van der Waals surface area (Å²) in [5, 5.41) is 8.98. The van der Waals surface area contributed by atoms with E-state index in [9.17, 15) is 0 Å².